The van der Waals surface area contributed by atoms with E-state index in [1.807, 2.05) is 45.5 Å². The highest BCUT2D eigenvalue weighted by Gasteiger charge is 2.27. The summed E-state index contributed by atoms with van der Waals surface area (Å²) in [5.41, 5.74) is 8.50. The van der Waals surface area contributed by atoms with Crippen molar-refractivity contribution in [3.05, 3.63) is 168 Å². The predicted molar refractivity (Wildman–Crippen MR) is 275 cm³/mol. The number of aldehydes is 1. The van der Waals surface area contributed by atoms with Crippen LogP contribution in [0.4, 0.5) is 13.2 Å². The summed E-state index contributed by atoms with van der Waals surface area (Å²) in [6.07, 6.45) is 22.6. The van der Waals surface area contributed by atoms with Gasteiger partial charge in [-0.15, -0.1) is 24.0 Å². The molecule has 8 aromatic rings. The van der Waals surface area contributed by atoms with E-state index in [9.17, 15) is 30.0 Å². The van der Waals surface area contributed by atoms with Gasteiger partial charge in [-0.25, -0.2) is 9.97 Å². The molecule has 0 radical (unpaired) electrons. The van der Waals surface area contributed by atoms with Gasteiger partial charge in [0.15, 0.2) is 11.3 Å². The van der Waals surface area contributed by atoms with E-state index in [-0.39, 0.29) is 17.2 Å². The van der Waals surface area contributed by atoms with Gasteiger partial charge in [-0.1, -0.05) is 68.8 Å². The van der Waals surface area contributed by atoms with Crippen LogP contribution < -0.4 is 0 Å². The van der Waals surface area contributed by atoms with Crippen LogP contribution in [0.15, 0.2) is 141 Å². The number of benzene rings is 2. The molecule has 21 heteroatoms. The molecule has 16 nitrogen and oxygen atoms in total. The number of carbonyl (C=O) groups is 1. The number of fused-ring (bicyclic) bond motifs is 2. The van der Waals surface area contributed by atoms with Gasteiger partial charge >= 0.3 is 26.4 Å². The largest absolute Gasteiger partial charge is 0.469 e. The maximum atomic E-state index is 12.0. The molecule has 0 amide bonds. The zero-order valence-corrected chi connectivity index (χ0v) is 42.2. The normalized spacial score (nSPS) is 13.7. The van der Waals surface area contributed by atoms with Gasteiger partial charge in [0.1, 0.15) is 35.8 Å². The Hall–Kier alpha value is -7.10. The van der Waals surface area contributed by atoms with E-state index in [2.05, 4.69) is 46.1 Å². The minimum absolute atomic E-state index is 0. The molecule has 0 unspecified atom stereocenters. The Morgan fingerprint density at radius 3 is 1.38 bits per heavy atom. The lowest BCUT2D eigenvalue weighted by molar-refractivity contribution is -0.156. The van der Waals surface area contributed by atoms with Crippen molar-refractivity contribution in [2.45, 2.75) is 128 Å². The van der Waals surface area contributed by atoms with E-state index in [1.165, 1.54) is 61.1 Å². The summed E-state index contributed by atoms with van der Waals surface area (Å²) in [6.45, 7) is 5.88. The highest BCUT2D eigenvalue weighted by molar-refractivity contribution is 7.99. The van der Waals surface area contributed by atoms with E-state index < -0.39 is 32.7 Å². The van der Waals surface area contributed by atoms with Crippen molar-refractivity contribution in [1.29, 1.82) is 0 Å². The van der Waals surface area contributed by atoms with Gasteiger partial charge in [-0.05, 0) is 125 Å². The molecule has 0 fully saturated rings. The fraction of sp³-hybridized carbons (Fsp3) is 0.340. The standard InChI is InChI=1S/2C17H18N4O.C14H14O5S2.C2HF3O.C2H6.CH4/c2*1-2-5-13(6-3-1)15-11-18-16(21-12-19-20-17(15)21)9-8-14-7-4-10-22-14;1-11-3-7-13(8-4-11)20(15,16)19-21(17,18)14-9-5-12(2)6-10-14;3-2(4,5)1-6;1-2;/h2*4-5,7,10-12H,1-3,6,8-9H2;3-10H,1-2H3;1H;1-2H3;1H4/i;;;;1D;. The van der Waals surface area contributed by atoms with Crippen LogP contribution in [-0.4, -0.2) is 68.5 Å². The number of nitrogens with zero attached hydrogens (tertiary/aromatic N) is 8. The number of furan rings is 2. The van der Waals surface area contributed by atoms with Crippen molar-refractivity contribution in [2.24, 2.45) is 0 Å². The Morgan fingerprint density at radius 1 is 0.662 bits per heavy atom. The van der Waals surface area contributed by atoms with Gasteiger partial charge in [-0.2, -0.15) is 30.0 Å². The zero-order valence-electron chi connectivity index (χ0n) is 41.6. The first-order valence-electron chi connectivity index (χ1n) is 24.2. The SMILES string of the molecule is C.C1=C(c2cnc(CCc3ccco3)n3cnnc23)CCCC1.C1=C(c2cnc(CCc3ccco3)n3cnnc23)CCCC1.Cc1ccc(S(=O)(=O)OS(=O)(=O)c2ccc(C)cc2)cc1.O=CC(F)(F)F.[2H]CC. The summed E-state index contributed by atoms with van der Waals surface area (Å²) in [7, 11) is -8.76. The van der Waals surface area contributed by atoms with Gasteiger partial charge in [0.05, 0.1) is 22.3 Å². The first-order chi connectivity index (χ1) is 35.5. The van der Waals surface area contributed by atoms with Crippen LogP contribution in [0, 0.1) is 13.8 Å². The fourth-order valence-electron chi connectivity index (χ4n) is 7.71. The van der Waals surface area contributed by atoms with E-state index in [1.54, 1.807) is 70.2 Å². The number of aryl methyl sites for hydroxylation is 6. The molecular weight excluding hydrogens is 998 g/mol. The lowest BCUT2D eigenvalue weighted by Gasteiger charge is -2.14. The Morgan fingerprint density at radius 2 is 1.05 bits per heavy atom. The van der Waals surface area contributed by atoms with Gasteiger partial charge in [0.2, 0.25) is 6.29 Å². The molecule has 394 valence electrons. The summed E-state index contributed by atoms with van der Waals surface area (Å²) >= 11 is 0. The number of halogens is 3. The van der Waals surface area contributed by atoms with Crippen molar-refractivity contribution in [1.82, 2.24) is 39.2 Å². The number of hydrogen-bond acceptors (Lipinski definition) is 14. The van der Waals surface area contributed by atoms with Crippen molar-refractivity contribution in [3.63, 3.8) is 0 Å². The van der Waals surface area contributed by atoms with Crippen LogP contribution in [0.3, 0.4) is 0 Å². The highest BCUT2D eigenvalue weighted by atomic mass is 32.3. The molecule has 74 heavy (non-hydrogen) atoms. The Bertz CT molecular complexity index is 3110. The lowest BCUT2D eigenvalue weighted by atomic mass is 9.95. The van der Waals surface area contributed by atoms with Crippen LogP contribution in [-0.2, 0) is 54.3 Å². The molecule has 0 atom stereocenters. The number of hydrogen-bond donors (Lipinski definition) is 0. The average Bonchev–Trinajstić information content (AvgIpc) is 4.26. The summed E-state index contributed by atoms with van der Waals surface area (Å²) in [5.74, 6) is 3.89. The van der Waals surface area contributed by atoms with Gasteiger partial charge in [0.25, 0.3) is 0 Å². The van der Waals surface area contributed by atoms with Gasteiger partial charge in [-0.3, -0.25) is 13.6 Å². The minimum atomic E-state index is -4.64. The van der Waals surface area contributed by atoms with Crippen molar-refractivity contribution in [2.75, 3.05) is 0 Å². The van der Waals surface area contributed by atoms with E-state index in [4.69, 9.17) is 15.0 Å². The highest BCUT2D eigenvalue weighted by Crippen LogP contribution is 2.30. The fourth-order valence-corrected chi connectivity index (χ4v) is 10.2. The van der Waals surface area contributed by atoms with E-state index in [0.29, 0.717) is 6.90 Å². The maximum absolute atomic E-state index is 12.0. The van der Waals surface area contributed by atoms with Crippen molar-refractivity contribution < 1.29 is 48.6 Å². The molecule has 0 spiro atoms. The number of allylic oxidation sites excluding steroid dienone is 4. The quantitative estimate of drug-likeness (QED) is 0.104. The Balaban J connectivity index is 0.000000191. The second-order valence-corrected chi connectivity index (χ2v) is 19.9. The number of carbonyl (C=O) groups excluding carboxylic acids is 1. The molecule has 2 aromatic carbocycles. The van der Waals surface area contributed by atoms with Crippen LogP contribution in [0.25, 0.3) is 22.4 Å². The molecule has 0 N–H and O–H groups in total. The summed E-state index contributed by atoms with van der Waals surface area (Å²) in [6, 6.07) is 19.3. The lowest BCUT2D eigenvalue weighted by Crippen LogP contribution is -2.14. The second-order valence-electron chi connectivity index (χ2n) is 16.6. The molecule has 10 rings (SSSR count). The van der Waals surface area contributed by atoms with Crippen molar-refractivity contribution in [3.8, 4) is 0 Å². The Labute approximate surface area is 431 Å². The number of aromatic nitrogens is 8. The predicted octanol–water partition coefficient (Wildman–Crippen LogP) is 11.7. The van der Waals surface area contributed by atoms with Crippen LogP contribution in [0.5, 0.6) is 0 Å². The molecule has 2 aliphatic rings. The average molecular weight is 1060 g/mol. The third-order valence-electron chi connectivity index (χ3n) is 11.4. The topological polar surface area (TPSA) is 207 Å². The number of alkyl halides is 3. The third kappa shape index (κ3) is 16.2. The van der Waals surface area contributed by atoms with Gasteiger partial charge < -0.3 is 8.83 Å². The monoisotopic (exact) mass is 1060 g/mol. The molecule has 6 heterocycles. The zero-order chi connectivity index (χ0) is 53.1. The Kier molecular flexibility index (Phi) is 20.7. The first kappa shape index (κ1) is 56.2. The summed E-state index contributed by atoms with van der Waals surface area (Å²) < 4.78 is 105. The number of rotatable bonds is 12. The molecule has 6 aromatic heterocycles. The minimum Gasteiger partial charge on any atom is -0.469 e. The van der Waals surface area contributed by atoms with E-state index >= 15 is 0 Å². The third-order valence-corrected chi connectivity index (χ3v) is 14.5. The molecule has 0 saturated carbocycles. The maximum Gasteiger partial charge on any atom is 0.446 e. The van der Waals surface area contributed by atoms with Crippen molar-refractivity contribution >= 4 is 49.0 Å². The molecular formula is C53H61F3N8O8S2. The summed E-state index contributed by atoms with van der Waals surface area (Å²) in [4.78, 5) is 17.6. The molecule has 2 aliphatic carbocycles. The molecule has 0 bridgehead atoms. The van der Waals surface area contributed by atoms with Crippen LogP contribution in [0.2, 0.25) is 0 Å². The van der Waals surface area contributed by atoms with Crippen LogP contribution >= 0.6 is 0 Å². The smallest absolute Gasteiger partial charge is 0.446 e. The molecule has 0 aliphatic heterocycles. The van der Waals surface area contributed by atoms with Crippen LogP contribution in [0.1, 0.15) is 119 Å². The first-order valence-corrected chi connectivity index (χ1v) is 26.3. The van der Waals surface area contributed by atoms with E-state index in [0.717, 1.165) is 108 Å². The van der Waals surface area contributed by atoms with Gasteiger partial charge in [0, 0.05) is 50.6 Å². The summed E-state index contributed by atoms with van der Waals surface area (Å²) in [5, 5.41) is 16.8. The second kappa shape index (κ2) is 27.3. The molecule has 0 saturated heterocycles.